The van der Waals surface area contributed by atoms with Gasteiger partial charge in [-0.1, -0.05) is 28.1 Å². The summed E-state index contributed by atoms with van der Waals surface area (Å²) in [6.45, 7) is 0. The number of aryl methyl sites for hydroxylation is 1. The molecular formula is C11H10BrN3O2. The lowest BCUT2D eigenvalue weighted by atomic mass is 10.1. The quantitative estimate of drug-likeness (QED) is 0.889. The zero-order valence-electron chi connectivity index (χ0n) is 9.01. The third-order valence-corrected chi connectivity index (χ3v) is 2.95. The summed E-state index contributed by atoms with van der Waals surface area (Å²) in [7, 11) is 1.62. The first-order chi connectivity index (χ1) is 8.00. The third kappa shape index (κ3) is 2.03. The number of carboxylic acid groups (broad SMARTS) is 1. The Hall–Kier alpha value is -1.82. The number of halogens is 1. The van der Waals surface area contributed by atoms with Crippen molar-refractivity contribution in [3.8, 4) is 11.3 Å². The van der Waals surface area contributed by atoms with Gasteiger partial charge in [0.05, 0.1) is 0 Å². The highest BCUT2D eigenvalue weighted by molar-refractivity contribution is 9.10. The molecular weight excluding hydrogens is 286 g/mol. The number of aromatic nitrogens is 2. The lowest BCUT2D eigenvalue weighted by Crippen LogP contribution is -2.04. The van der Waals surface area contributed by atoms with E-state index in [2.05, 4.69) is 21.0 Å². The Labute approximate surface area is 106 Å². The molecule has 0 bridgehead atoms. The molecule has 2 aromatic rings. The molecule has 5 nitrogen and oxygen atoms in total. The number of hydrogen-bond acceptors (Lipinski definition) is 3. The van der Waals surface area contributed by atoms with Gasteiger partial charge in [0.15, 0.2) is 0 Å². The summed E-state index contributed by atoms with van der Waals surface area (Å²) >= 11 is 3.32. The van der Waals surface area contributed by atoms with E-state index in [4.69, 9.17) is 10.8 Å². The minimum absolute atomic E-state index is 0.0369. The van der Waals surface area contributed by atoms with Crippen molar-refractivity contribution in [2.75, 3.05) is 5.73 Å². The molecule has 1 aromatic heterocycles. The fourth-order valence-corrected chi connectivity index (χ4v) is 1.82. The number of anilines is 1. The minimum atomic E-state index is -1.08. The summed E-state index contributed by atoms with van der Waals surface area (Å²) in [5.74, 6) is -0.927. The third-order valence-electron chi connectivity index (χ3n) is 2.42. The van der Waals surface area contributed by atoms with Gasteiger partial charge < -0.3 is 10.8 Å². The number of carboxylic acids is 1. The number of rotatable bonds is 2. The number of hydrogen-bond donors (Lipinski definition) is 2. The van der Waals surface area contributed by atoms with Crippen molar-refractivity contribution in [2.45, 2.75) is 0 Å². The molecule has 0 atom stereocenters. The zero-order chi connectivity index (χ0) is 12.6. The second-order valence-electron chi connectivity index (χ2n) is 3.54. The molecule has 3 N–H and O–H groups in total. The molecule has 1 heterocycles. The molecule has 0 radical (unpaired) electrons. The summed E-state index contributed by atoms with van der Waals surface area (Å²) in [5, 5.41) is 13.3. The predicted octanol–water partition coefficient (Wildman–Crippen LogP) is 2.13. The number of carbonyl (C=O) groups is 1. The topological polar surface area (TPSA) is 81.1 Å². The van der Waals surface area contributed by atoms with Crippen molar-refractivity contribution < 1.29 is 9.90 Å². The fourth-order valence-electron chi connectivity index (χ4n) is 1.56. The summed E-state index contributed by atoms with van der Waals surface area (Å²) in [6.07, 6.45) is 0. The smallest absolute Gasteiger partial charge is 0.341 e. The average molecular weight is 296 g/mol. The van der Waals surface area contributed by atoms with Crippen molar-refractivity contribution in [1.82, 2.24) is 9.78 Å². The number of nitrogens with two attached hydrogens (primary N) is 1. The summed E-state index contributed by atoms with van der Waals surface area (Å²) in [6, 6.07) is 7.23. The Bertz CT molecular complexity index is 575. The van der Waals surface area contributed by atoms with E-state index in [1.807, 2.05) is 12.1 Å². The molecule has 2 rings (SSSR count). The van der Waals surface area contributed by atoms with Gasteiger partial charge in [-0.3, -0.25) is 4.68 Å². The van der Waals surface area contributed by atoms with Crippen LogP contribution in [0.3, 0.4) is 0 Å². The molecule has 1 aromatic carbocycles. The normalized spacial score (nSPS) is 10.5. The van der Waals surface area contributed by atoms with Crippen LogP contribution in [0.15, 0.2) is 28.7 Å². The molecule has 0 spiro atoms. The molecule has 17 heavy (non-hydrogen) atoms. The molecule has 0 fully saturated rings. The molecule has 0 aliphatic rings. The van der Waals surface area contributed by atoms with E-state index in [0.29, 0.717) is 5.69 Å². The van der Waals surface area contributed by atoms with Crippen molar-refractivity contribution in [3.63, 3.8) is 0 Å². The van der Waals surface area contributed by atoms with Crippen LogP contribution in [-0.2, 0) is 7.05 Å². The van der Waals surface area contributed by atoms with Crippen LogP contribution in [0.2, 0.25) is 0 Å². The zero-order valence-corrected chi connectivity index (χ0v) is 10.6. The molecule has 88 valence electrons. The van der Waals surface area contributed by atoms with Gasteiger partial charge in [-0.25, -0.2) is 4.79 Å². The fraction of sp³-hybridized carbons (Fsp3) is 0.0909. The number of aromatic carboxylic acids is 1. The molecule has 0 saturated heterocycles. The van der Waals surface area contributed by atoms with E-state index < -0.39 is 5.97 Å². The predicted molar refractivity (Wildman–Crippen MR) is 67.7 cm³/mol. The van der Waals surface area contributed by atoms with E-state index in [9.17, 15) is 4.79 Å². The van der Waals surface area contributed by atoms with Gasteiger partial charge >= 0.3 is 5.97 Å². The van der Waals surface area contributed by atoms with E-state index in [1.165, 1.54) is 4.68 Å². The second-order valence-corrected chi connectivity index (χ2v) is 4.46. The molecule has 0 aliphatic carbocycles. The summed E-state index contributed by atoms with van der Waals surface area (Å²) < 4.78 is 2.28. The van der Waals surface area contributed by atoms with Gasteiger partial charge in [-0.05, 0) is 12.1 Å². The Kier molecular flexibility index (Phi) is 2.89. The number of nitrogens with zero attached hydrogens (tertiary/aromatic N) is 2. The maximum absolute atomic E-state index is 11.2. The highest BCUT2D eigenvalue weighted by atomic mass is 79.9. The van der Waals surface area contributed by atoms with Crippen LogP contribution in [0.5, 0.6) is 0 Å². The molecule has 0 saturated carbocycles. The van der Waals surface area contributed by atoms with Gasteiger partial charge in [0, 0.05) is 17.1 Å². The standard InChI is InChI=1S/C11H10BrN3O2/c1-15-10(13)8(11(16)17)9(14-15)6-2-4-7(12)5-3-6/h2-5H,13H2,1H3,(H,16,17). The van der Waals surface area contributed by atoms with Gasteiger partial charge in [0.2, 0.25) is 0 Å². The Balaban J connectivity index is 2.63. The molecule has 0 aliphatic heterocycles. The van der Waals surface area contributed by atoms with Crippen molar-refractivity contribution in [1.29, 1.82) is 0 Å². The first-order valence-electron chi connectivity index (χ1n) is 4.82. The summed E-state index contributed by atoms with van der Waals surface area (Å²) in [4.78, 5) is 11.2. The van der Waals surface area contributed by atoms with Crippen LogP contribution >= 0.6 is 15.9 Å². The maximum Gasteiger partial charge on any atom is 0.341 e. The van der Waals surface area contributed by atoms with Crippen LogP contribution < -0.4 is 5.73 Å². The number of nitrogen functional groups attached to an aromatic ring is 1. The van der Waals surface area contributed by atoms with Gasteiger partial charge in [-0.15, -0.1) is 0 Å². The second kappa shape index (κ2) is 4.21. The monoisotopic (exact) mass is 295 g/mol. The van der Waals surface area contributed by atoms with E-state index in [0.717, 1.165) is 10.0 Å². The summed E-state index contributed by atoms with van der Waals surface area (Å²) in [5.41, 5.74) is 6.82. The van der Waals surface area contributed by atoms with E-state index in [1.54, 1.807) is 19.2 Å². The van der Waals surface area contributed by atoms with Crippen LogP contribution in [0.4, 0.5) is 5.82 Å². The van der Waals surface area contributed by atoms with Crippen molar-refractivity contribution in [3.05, 3.63) is 34.3 Å². The highest BCUT2D eigenvalue weighted by Crippen LogP contribution is 2.27. The lowest BCUT2D eigenvalue weighted by molar-refractivity contribution is 0.0699. The van der Waals surface area contributed by atoms with E-state index in [-0.39, 0.29) is 11.4 Å². The van der Waals surface area contributed by atoms with Crippen LogP contribution in [0.25, 0.3) is 11.3 Å². The van der Waals surface area contributed by atoms with Gasteiger partial charge in [0.25, 0.3) is 0 Å². The van der Waals surface area contributed by atoms with Gasteiger partial charge in [0.1, 0.15) is 17.1 Å². The molecule has 0 amide bonds. The van der Waals surface area contributed by atoms with Crippen LogP contribution in [-0.4, -0.2) is 20.9 Å². The molecule has 0 unspecified atom stereocenters. The van der Waals surface area contributed by atoms with Crippen LogP contribution in [0, 0.1) is 0 Å². The average Bonchev–Trinajstić information content (AvgIpc) is 2.56. The van der Waals surface area contributed by atoms with Crippen molar-refractivity contribution in [2.24, 2.45) is 7.05 Å². The first-order valence-corrected chi connectivity index (χ1v) is 5.61. The SMILES string of the molecule is Cn1nc(-c2ccc(Br)cc2)c(C(=O)O)c1N. The Morgan fingerprint density at radius 2 is 2.00 bits per heavy atom. The van der Waals surface area contributed by atoms with Crippen LogP contribution in [0.1, 0.15) is 10.4 Å². The Morgan fingerprint density at radius 1 is 1.41 bits per heavy atom. The maximum atomic E-state index is 11.2. The minimum Gasteiger partial charge on any atom is -0.477 e. The van der Waals surface area contributed by atoms with Gasteiger partial charge in [-0.2, -0.15) is 5.10 Å². The molecule has 6 heteroatoms. The lowest BCUT2D eigenvalue weighted by Gasteiger charge is -1.99. The highest BCUT2D eigenvalue weighted by Gasteiger charge is 2.21. The first kappa shape index (κ1) is 11.7. The largest absolute Gasteiger partial charge is 0.477 e. The van der Waals surface area contributed by atoms with E-state index >= 15 is 0 Å². The van der Waals surface area contributed by atoms with Crippen molar-refractivity contribution >= 4 is 27.7 Å². The number of benzene rings is 1. The Morgan fingerprint density at radius 3 is 2.53 bits per heavy atom.